The number of nitro benzene ring substituents is 1. The van der Waals surface area contributed by atoms with Crippen LogP contribution in [0.25, 0.3) is 0 Å². The SMILES string of the molecule is COc1ccc([C@H](Nc2ccc([N+](=O)[O-])cc2Cl)c2nccn2C)cc1. The number of aromatic nitrogens is 2. The molecule has 3 rings (SSSR count). The summed E-state index contributed by atoms with van der Waals surface area (Å²) in [6.45, 7) is 0. The number of non-ortho nitro benzene ring substituents is 1. The van der Waals surface area contributed by atoms with Crippen molar-refractivity contribution in [3.8, 4) is 5.75 Å². The molecule has 0 bridgehead atoms. The van der Waals surface area contributed by atoms with Crippen LogP contribution in [-0.4, -0.2) is 21.6 Å². The number of aryl methyl sites for hydroxylation is 1. The third kappa shape index (κ3) is 3.62. The third-order valence-electron chi connectivity index (χ3n) is 4.03. The zero-order chi connectivity index (χ0) is 18.7. The van der Waals surface area contributed by atoms with Crippen LogP contribution >= 0.6 is 11.6 Å². The fourth-order valence-corrected chi connectivity index (χ4v) is 2.87. The second-order valence-electron chi connectivity index (χ2n) is 5.67. The lowest BCUT2D eigenvalue weighted by molar-refractivity contribution is -0.384. The predicted molar refractivity (Wildman–Crippen MR) is 99.8 cm³/mol. The molecule has 7 nitrogen and oxygen atoms in total. The largest absolute Gasteiger partial charge is 0.497 e. The normalized spacial score (nSPS) is 11.8. The van der Waals surface area contributed by atoms with Gasteiger partial charge < -0.3 is 14.6 Å². The zero-order valence-electron chi connectivity index (χ0n) is 14.2. The summed E-state index contributed by atoms with van der Waals surface area (Å²) in [5.74, 6) is 1.53. The van der Waals surface area contributed by atoms with Crippen molar-refractivity contribution in [2.24, 2.45) is 7.05 Å². The molecule has 2 aromatic carbocycles. The number of nitro groups is 1. The van der Waals surface area contributed by atoms with E-state index in [4.69, 9.17) is 16.3 Å². The molecule has 0 fully saturated rings. The quantitative estimate of drug-likeness (QED) is 0.518. The van der Waals surface area contributed by atoms with E-state index in [1.54, 1.807) is 19.4 Å². The van der Waals surface area contributed by atoms with Crippen LogP contribution in [0.2, 0.25) is 5.02 Å². The Morgan fingerprint density at radius 2 is 2.00 bits per heavy atom. The second kappa shape index (κ2) is 7.45. The van der Waals surface area contributed by atoms with Gasteiger partial charge in [-0.25, -0.2) is 4.98 Å². The number of hydrogen-bond donors (Lipinski definition) is 1. The van der Waals surface area contributed by atoms with Gasteiger partial charge >= 0.3 is 0 Å². The van der Waals surface area contributed by atoms with E-state index in [1.807, 2.05) is 42.1 Å². The molecular formula is C18H17ClN4O3. The molecule has 134 valence electrons. The molecule has 26 heavy (non-hydrogen) atoms. The first kappa shape index (κ1) is 17.8. The summed E-state index contributed by atoms with van der Waals surface area (Å²) in [6, 6.07) is 11.6. The van der Waals surface area contributed by atoms with Gasteiger partial charge in [0.25, 0.3) is 5.69 Å². The maximum Gasteiger partial charge on any atom is 0.271 e. The Balaban J connectivity index is 1.99. The Morgan fingerprint density at radius 1 is 1.27 bits per heavy atom. The lowest BCUT2D eigenvalue weighted by Gasteiger charge is -2.21. The average molecular weight is 373 g/mol. The molecule has 1 N–H and O–H groups in total. The number of benzene rings is 2. The van der Waals surface area contributed by atoms with Crippen LogP contribution in [-0.2, 0) is 7.05 Å². The fourth-order valence-electron chi connectivity index (χ4n) is 2.64. The Morgan fingerprint density at radius 3 is 2.54 bits per heavy atom. The molecule has 0 radical (unpaired) electrons. The molecule has 1 atom stereocenters. The third-order valence-corrected chi connectivity index (χ3v) is 4.34. The van der Waals surface area contributed by atoms with Gasteiger partial charge in [-0.3, -0.25) is 10.1 Å². The van der Waals surface area contributed by atoms with Crippen LogP contribution in [0.5, 0.6) is 5.75 Å². The minimum absolute atomic E-state index is 0.0569. The molecule has 3 aromatic rings. The van der Waals surface area contributed by atoms with Crippen LogP contribution in [0.3, 0.4) is 0 Å². The van der Waals surface area contributed by atoms with E-state index in [0.29, 0.717) is 5.69 Å². The summed E-state index contributed by atoms with van der Waals surface area (Å²) in [6.07, 6.45) is 3.57. The van der Waals surface area contributed by atoms with Gasteiger partial charge in [-0.05, 0) is 23.8 Å². The van der Waals surface area contributed by atoms with E-state index in [-0.39, 0.29) is 16.8 Å². The van der Waals surface area contributed by atoms with Crippen molar-refractivity contribution in [1.82, 2.24) is 9.55 Å². The Labute approximate surface area is 155 Å². The minimum atomic E-state index is -0.477. The molecule has 0 spiro atoms. The predicted octanol–water partition coefficient (Wildman–Crippen LogP) is 4.19. The Kier molecular flexibility index (Phi) is 5.09. The topological polar surface area (TPSA) is 82.2 Å². The average Bonchev–Trinajstić information content (AvgIpc) is 3.06. The van der Waals surface area contributed by atoms with Gasteiger partial charge in [-0.15, -0.1) is 0 Å². The highest BCUT2D eigenvalue weighted by Gasteiger charge is 2.20. The maximum atomic E-state index is 10.9. The number of rotatable bonds is 6. The molecule has 0 aliphatic rings. The lowest BCUT2D eigenvalue weighted by atomic mass is 10.1. The number of anilines is 1. The smallest absolute Gasteiger partial charge is 0.271 e. The van der Waals surface area contributed by atoms with Crippen LogP contribution in [0.4, 0.5) is 11.4 Å². The van der Waals surface area contributed by atoms with Crippen molar-refractivity contribution in [2.75, 3.05) is 12.4 Å². The van der Waals surface area contributed by atoms with Crippen LogP contribution in [0.15, 0.2) is 54.9 Å². The van der Waals surface area contributed by atoms with E-state index in [2.05, 4.69) is 10.3 Å². The lowest BCUT2D eigenvalue weighted by Crippen LogP contribution is -2.17. The molecule has 8 heteroatoms. The van der Waals surface area contributed by atoms with Crippen LogP contribution in [0, 0.1) is 10.1 Å². The van der Waals surface area contributed by atoms with E-state index >= 15 is 0 Å². The summed E-state index contributed by atoms with van der Waals surface area (Å²) in [5, 5.41) is 14.5. The van der Waals surface area contributed by atoms with Crippen molar-refractivity contribution < 1.29 is 9.66 Å². The highest BCUT2D eigenvalue weighted by atomic mass is 35.5. The first-order chi connectivity index (χ1) is 12.5. The van der Waals surface area contributed by atoms with Gasteiger partial charge in [0.2, 0.25) is 0 Å². The molecular weight excluding hydrogens is 356 g/mol. The molecule has 0 aliphatic carbocycles. The molecule has 0 amide bonds. The first-order valence-electron chi connectivity index (χ1n) is 7.81. The molecule has 0 aliphatic heterocycles. The van der Waals surface area contributed by atoms with E-state index in [9.17, 15) is 10.1 Å². The van der Waals surface area contributed by atoms with E-state index < -0.39 is 4.92 Å². The fraction of sp³-hybridized carbons (Fsp3) is 0.167. The van der Waals surface area contributed by atoms with Crippen LogP contribution in [0.1, 0.15) is 17.4 Å². The number of imidazole rings is 1. The number of nitrogens with one attached hydrogen (secondary N) is 1. The highest BCUT2D eigenvalue weighted by molar-refractivity contribution is 6.33. The van der Waals surface area contributed by atoms with Crippen molar-refractivity contribution in [2.45, 2.75) is 6.04 Å². The van der Waals surface area contributed by atoms with Crippen molar-refractivity contribution in [3.05, 3.63) is 81.4 Å². The molecule has 0 saturated heterocycles. The zero-order valence-corrected chi connectivity index (χ0v) is 15.0. The number of hydrogen-bond acceptors (Lipinski definition) is 5. The first-order valence-corrected chi connectivity index (χ1v) is 8.19. The summed E-state index contributed by atoms with van der Waals surface area (Å²) < 4.78 is 7.11. The van der Waals surface area contributed by atoms with Crippen LogP contribution < -0.4 is 10.1 Å². The summed E-state index contributed by atoms with van der Waals surface area (Å²) in [5.41, 5.74) is 1.48. The van der Waals surface area contributed by atoms with Gasteiger partial charge in [0, 0.05) is 31.6 Å². The van der Waals surface area contributed by atoms with Gasteiger partial charge in [-0.2, -0.15) is 0 Å². The van der Waals surface area contributed by atoms with Crippen molar-refractivity contribution in [3.63, 3.8) is 0 Å². The van der Waals surface area contributed by atoms with E-state index in [0.717, 1.165) is 17.1 Å². The Bertz CT molecular complexity index is 924. The molecule has 1 heterocycles. The summed E-state index contributed by atoms with van der Waals surface area (Å²) >= 11 is 6.24. The maximum absolute atomic E-state index is 10.9. The number of nitrogens with zero attached hydrogens (tertiary/aromatic N) is 3. The van der Waals surface area contributed by atoms with Gasteiger partial charge in [0.05, 0.1) is 22.7 Å². The monoisotopic (exact) mass is 372 g/mol. The second-order valence-corrected chi connectivity index (χ2v) is 6.08. The standard InChI is InChI=1S/C18H17ClN4O3/c1-22-10-9-20-18(22)17(12-3-6-14(26-2)7-4-12)21-16-8-5-13(23(24)25)11-15(16)19/h3-11,17,21H,1-2H3/t17-/m0/s1. The summed E-state index contributed by atoms with van der Waals surface area (Å²) in [7, 11) is 3.51. The Hall–Kier alpha value is -3.06. The minimum Gasteiger partial charge on any atom is -0.497 e. The van der Waals surface area contributed by atoms with Gasteiger partial charge in [0.1, 0.15) is 17.6 Å². The molecule has 0 saturated carbocycles. The number of methoxy groups -OCH3 is 1. The molecule has 1 aromatic heterocycles. The van der Waals surface area contributed by atoms with Gasteiger partial charge in [-0.1, -0.05) is 23.7 Å². The number of ether oxygens (including phenoxy) is 1. The van der Waals surface area contributed by atoms with Crippen molar-refractivity contribution >= 4 is 23.0 Å². The molecule has 0 unspecified atom stereocenters. The number of halogens is 1. The van der Waals surface area contributed by atoms with Crippen molar-refractivity contribution in [1.29, 1.82) is 0 Å². The highest BCUT2D eigenvalue weighted by Crippen LogP contribution is 2.32. The summed E-state index contributed by atoms with van der Waals surface area (Å²) in [4.78, 5) is 14.8. The van der Waals surface area contributed by atoms with E-state index in [1.165, 1.54) is 12.1 Å². The van der Waals surface area contributed by atoms with Gasteiger partial charge in [0.15, 0.2) is 0 Å².